The molecule has 5 rings (SSSR count). The molecule has 1 spiro atoms. The molecule has 1 aromatic rings. The maximum Gasteiger partial charge on any atom is 0.344 e. The third-order valence-corrected chi connectivity index (χ3v) is 12.2. The summed E-state index contributed by atoms with van der Waals surface area (Å²) in [5.74, 6) is -3.00. The number of aromatic nitrogens is 1. The number of nitrogens with zero attached hydrogens (tertiary/aromatic N) is 1. The van der Waals surface area contributed by atoms with Crippen LogP contribution in [0.1, 0.15) is 128 Å². The Morgan fingerprint density at radius 1 is 1.06 bits per heavy atom. The zero-order valence-corrected chi connectivity index (χ0v) is 29.8. The highest BCUT2D eigenvalue weighted by molar-refractivity contribution is 5.97. The van der Waals surface area contributed by atoms with Crippen LogP contribution >= 0.6 is 0 Å². The minimum absolute atomic E-state index is 0.0652. The highest BCUT2D eigenvalue weighted by Gasteiger charge is 2.83. The number of aliphatic hydroxyl groups is 3. The van der Waals surface area contributed by atoms with Crippen molar-refractivity contribution in [2.24, 2.45) is 28.6 Å². The van der Waals surface area contributed by atoms with Crippen molar-refractivity contribution in [3.63, 3.8) is 0 Å². The van der Waals surface area contributed by atoms with E-state index in [1.54, 1.807) is 19.1 Å². The van der Waals surface area contributed by atoms with Gasteiger partial charge in [-0.15, -0.1) is 0 Å². The first kappa shape index (κ1) is 36.5. The van der Waals surface area contributed by atoms with E-state index in [1.165, 1.54) is 19.3 Å². The number of ether oxygens (including phenoxy) is 2. The van der Waals surface area contributed by atoms with Crippen LogP contribution in [0.5, 0.6) is 0 Å². The monoisotopic (exact) mass is 669 g/mol. The third kappa shape index (κ3) is 5.32. The molecular weight excluding hydrogens is 614 g/mol. The van der Waals surface area contributed by atoms with Gasteiger partial charge < -0.3 is 29.3 Å². The summed E-state index contributed by atoms with van der Waals surface area (Å²) in [5, 5.41) is 39.4. The first-order chi connectivity index (χ1) is 22.7. The van der Waals surface area contributed by atoms with Crippen molar-refractivity contribution in [2.45, 2.75) is 143 Å². The number of esters is 2. The van der Waals surface area contributed by atoms with E-state index < -0.39 is 64.6 Å². The lowest BCUT2D eigenvalue weighted by molar-refractivity contribution is -0.192. The lowest BCUT2D eigenvalue weighted by Crippen LogP contribution is -2.66. The van der Waals surface area contributed by atoms with Gasteiger partial charge in [0.15, 0.2) is 23.2 Å². The lowest BCUT2D eigenvalue weighted by Gasteiger charge is -2.49. The van der Waals surface area contributed by atoms with Gasteiger partial charge in [-0.2, -0.15) is 0 Å². The predicted molar refractivity (Wildman–Crippen MR) is 178 cm³/mol. The van der Waals surface area contributed by atoms with Gasteiger partial charge in [0.25, 0.3) is 0 Å². The summed E-state index contributed by atoms with van der Waals surface area (Å²) in [4.78, 5) is 42.2. The zero-order valence-electron chi connectivity index (χ0n) is 29.8. The van der Waals surface area contributed by atoms with Gasteiger partial charge in [0.05, 0.1) is 17.7 Å². The minimum Gasteiger partial charge on any atom is -0.458 e. The van der Waals surface area contributed by atoms with E-state index >= 15 is 4.79 Å². The summed E-state index contributed by atoms with van der Waals surface area (Å²) >= 11 is 0. The minimum atomic E-state index is -2.34. The number of aliphatic hydroxyl groups excluding tert-OH is 2. The smallest absolute Gasteiger partial charge is 0.344 e. The fraction of sp³-hybridized carbons (Fsp3) is 0.737. The maximum absolute atomic E-state index is 15.0. The number of carbonyl (C=O) groups excluding carboxylic acids is 3. The summed E-state index contributed by atoms with van der Waals surface area (Å²) < 4.78 is 17.8. The Bertz CT molecular complexity index is 1450. The van der Waals surface area contributed by atoms with E-state index in [0.717, 1.165) is 25.7 Å². The summed E-state index contributed by atoms with van der Waals surface area (Å²) in [5.41, 5.74) is -4.54. The van der Waals surface area contributed by atoms with Crippen LogP contribution in [0.2, 0.25) is 0 Å². The average Bonchev–Trinajstić information content (AvgIpc) is 3.30. The van der Waals surface area contributed by atoms with Gasteiger partial charge in [0.2, 0.25) is 0 Å². The van der Waals surface area contributed by atoms with Gasteiger partial charge in [0, 0.05) is 30.1 Å². The van der Waals surface area contributed by atoms with Gasteiger partial charge >= 0.3 is 11.9 Å². The Balaban J connectivity index is 1.48. The molecule has 2 bridgehead atoms. The normalized spacial score (nSPS) is 34.7. The Morgan fingerprint density at radius 3 is 2.35 bits per heavy atom. The van der Waals surface area contributed by atoms with Crippen molar-refractivity contribution in [1.82, 2.24) is 5.16 Å². The van der Waals surface area contributed by atoms with Gasteiger partial charge in [0.1, 0.15) is 17.3 Å². The van der Waals surface area contributed by atoms with Crippen LogP contribution in [-0.4, -0.2) is 68.2 Å². The Hall–Kier alpha value is -2.82. The second-order valence-electron chi connectivity index (χ2n) is 15.2. The third-order valence-electron chi connectivity index (χ3n) is 12.2. The molecule has 8 atom stereocenters. The SMILES string of the molecule is CCCCCCCCCC(=O)O[C@@]12C[C@@H](C)[C@]34C=C(C)[C@H](OC(=O)c5c(CC)noc5CC)[C@@]3(O)[C@H](O)C(CO)=C[C@H](C4=O)[C@@H]1C2(C)C. The molecule has 0 aliphatic heterocycles. The molecule has 1 heterocycles. The van der Waals surface area contributed by atoms with Crippen LogP contribution in [0.25, 0.3) is 0 Å². The number of carbonyl (C=O) groups is 3. The summed E-state index contributed by atoms with van der Waals surface area (Å²) in [6.45, 7) is 12.7. The fourth-order valence-corrected chi connectivity index (χ4v) is 9.62. The summed E-state index contributed by atoms with van der Waals surface area (Å²) in [6.07, 6.45) is 8.95. The van der Waals surface area contributed by atoms with E-state index in [1.807, 2.05) is 34.6 Å². The molecule has 4 aliphatic rings. The lowest BCUT2D eigenvalue weighted by atomic mass is 9.59. The van der Waals surface area contributed by atoms with Crippen LogP contribution in [0.3, 0.4) is 0 Å². The van der Waals surface area contributed by atoms with Crippen LogP contribution in [0.4, 0.5) is 0 Å². The first-order valence-electron chi connectivity index (χ1n) is 18.1. The molecule has 0 aromatic carbocycles. The molecule has 10 heteroatoms. The molecule has 266 valence electrons. The number of hydrogen-bond acceptors (Lipinski definition) is 10. The second kappa shape index (κ2) is 13.5. The number of unbranched alkanes of at least 4 members (excludes halogenated alkanes) is 6. The largest absolute Gasteiger partial charge is 0.458 e. The number of fused-ring (bicyclic) bond motifs is 3. The van der Waals surface area contributed by atoms with E-state index in [4.69, 9.17) is 14.0 Å². The van der Waals surface area contributed by atoms with Crippen LogP contribution in [0.15, 0.2) is 27.8 Å². The van der Waals surface area contributed by atoms with Crippen molar-refractivity contribution >= 4 is 17.7 Å². The Kier molecular flexibility index (Phi) is 10.2. The van der Waals surface area contributed by atoms with Crippen LogP contribution < -0.4 is 0 Å². The number of ketones is 1. The standard InChI is InChI=1S/C38H55NO9/c1-8-11-12-13-14-15-16-17-28(41)47-37-20-23(5)36-19-22(4)33(46-34(44)29-26(9-2)39-48-27(29)10-3)38(36,45)31(42)24(21-40)18-25(32(36)43)30(37)35(37,6)7/h18-19,23,25,30-31,33,40,42,45H,8-17,20-21H2,1-7H3/t23-,25+,30-,31-,33+,36+,37+,38+/m1/s1. The summed E-state index contributed by atoms with van der Waals surface area (Å²) in [6, 6.07) is 0. The highest BCUT2D eigenvalue weighted by Crippen LogP contribution is 2.75. The zero-order chi connectivity index (χ0) is 35.2. The number of aryl methyl sites for hydroxylation is 2. The molecule has 2 fully saturated rings. The van der Waals surface area contributed by atoms with Gasteiger partial charge in [-0.3, -0.25) is 9.59 Å². The molecule has 0 saturated heterocycles. The molecule has 2 saturated carbocycles. The Labute approximate surface area is 284 Å². The predicted octanol–water partition coefficient (Wildman–Crippen LogP) is 5.60. The molecule has 4 aliphatic carbocycles. The molecule has 1 aromatic heterocycles. The molecule has 0 radical (unpaired) electrons. The molecule has 48 heavy (non-hydrogen) atoms. The highest BCUT2D eigenvalue weighted by atomic mass is 16.6. The quantitative estimate of drug-likeness (QED) is 0.129. The van der Waals surface area contributed by atoms with Gasteiger partial charge in [-0.25, -0.2) is 4.79 Å². The maximum atomic E-state index is 15.0. The average molecular weight is 670 g/mol. The van der Waals surface area contributed by atoms with Crippen LogP contribution in [-0.2, 0) is 31.9 Å². The van der Waals surface area contributed by atoms with Gasteiger partial charge in [-0.05, 0) is 43.3 Å². The van der Waals surface area contributed by atoms with Gasteiger partial charge in [-0.1, -0.05) is 97.4 Å². The summed E-state index contributed by atoms with van der Waals surface area (Å²) in [7, 11) is 0. The van der Waals surface area contributed by atoms with Crippen molar-refractivity contribution in [2.75, 3.05) is 6.61 Å². The molecular formula is C38H55NO9. The fourth-order valence-electron chi connectivity index (χ4n) is 9.62. The molecule has 0 unspecified atom stereocenters. The van der Waals surface area contributed by atoms with Crippen LogP contribution in [0, 0.1) is 28.6 Å². The van der Waals surface area contributed by atoms with Crippen molar-refractivity contribution in [1.29, 1.82) is 0 Å². The van der Waals surface area contributed by atoms with Crippen molar-refractivity contribution in [3.8, 4) is 0 Å². The van der Waals surface area contributed by atoms with E-state index in [2.05, 4.69) is 12.1 Å². The van der Waals surface area contributed by atoms with E-state index in [0.29, 0.717) is 29.9 Å². The number of hydrogen-bond donors (Lipinski definition) is 3. The number of Topliss-reactive ketones (excluding diaryl/α,β-unsaturated/α-hetero) is 1. The second-order valence-corrected chi connectivity index (χ2v) is 15.2. The molecule has 0 amide bonds. The van der Waals surface area contributed by atoms with Crippen molar-refractivity contribution < 1.29 is 43.7 Å². The van der Waals surface area contributed by atoms with Crippen molar-refractivity contribution in [3.05, 3.63) is 40.3 Å². The number of rotatable bonds is 14. The van der Waals surface area contributed by atoms with E-state index in [9.17, 15) is 24.9 Å². The van der Waals surface area contributed by atoms with E-state index in [-0.39, 0.29) is 35.7 Å². The number of allylic oxidation sites excluding steroid dienone is 1. The molecule has 3 N–H and O–H groups in total. The first-order valence-corrected chi connectivity index (χ1v) is 18.1. The molecule has 10 nitrogen and oxygen atoms in total. The Morgan fingerprint density at radius 2 is 1.73 bits per heavy atom. The topological polar surface area (TPSA) is 156 Å².